The monoisotopic (exact) mass is 299 g/mol. The molecule has 22 heavy (non-hydrogen) atoms. The van der Waals surface area contributed by atoms with Crippen LogP contribution in [0.15, 0.2) is 36.4 Å². The second-order valence-corrected chi connectivity index (χ2v) is 5.50. The number of benzene rings is 2. The lowest BCUT2D eigenvalue weighted by molar-refractivity contribution is -0.142. The highest BCUT2D eigenvalue weighted by molar-refractivity contribution is 5.94. The van der Waals surface area contributed by atoms with Crippen molar-refractivity contribution in [2.24, 2.45) is 5.92 Å². The van der Waals surface area contributed by atoms with Gasteiger partial charge in [-0.15, -0.1) is 0 Å². The van der Waals surface area contributed by atoms with Crippen LogP contribution in [0.2, 0.25) is 0 Å². The Hall–Kier alpha value is -2.56. The van der Waals surface area contributed by atoms with Gasteiger partial charge in [0.05, 0.1) is 19.1 Å². The lowest BCUT2D eigenvalue weighted by atomic mass is 9.90. The number of fused-ring (bicyclic) bond motifs is 1. The third kappa shape index (κ3) is 2.09. The fraction of sp³-hybridized carbons (Fsp3) is 0.294. The number of amides is 1. The van der Waals surface area contributed by atoms with Gasteiger partial charge in [-0.1, -0.05) is 30.3 Å². The third-order valence-electron chi connectivity index (χ3n) is 4.36. The maximum absolute atomic E-state index is 12.0. The molecule has 5 nitrogen and oxygen atoms in total. The smallest absolute Gasteiger partial charge is 0.309 e. The molecule has 0 radical (unpaired) electrons. The zero-order valence-electron chi connectivity index (χ0n) is 12.4. The van der Waals surface area contributed by atoms with E-state index in [1.54, 1.807) is 14.2 Å². The summed E-state index contributed by atoms with van der Waals surface area (Å²) in [5.74, 6) is -1.08. The molecule has 2 aromatic carbocycles. The number of likely N-dealkylation sites (tertiary alicyclic amines) is 1. The van der Waals surface area contributed by atoms with Crippen molar-refractivity contribution >= 4 is 22.6 Å². The van der Waals surface area contributed by atoms with Crippen LogP contribution in [-0.4, -0.2) is 36.0 Å². The molecular formula is C17H17NO4. The van der Waals surface area contributed by atoms with Gasteiger partial charge in [0.2, 0.25) is 5.91 Å². The molecule has 1 fully saturated rings. The van der Waals surface area contributed by atoms with E-state index in [9.17, 15) is 14.7 Å². The minimum Gasteiger partial charge on any atom is -0.496 e. The number of carbonyl (C=O) groups is 2. The maximum Gasteiger partial charge on any atom is 0.309 e. The second-order valence-electron chi connectivity index (χ2n) is 5.50. The number of nitrogens with zero attached hydrogens (tertiary/aromatic N) is 1. The van der Waals surface area contributed by atoms with Crippen molar-refractivity contribution in [1.29, 1.82) is 0 Å². The van der Waals surface area contributed by atoms with E-state index in [-0.39, 0.29) is 12.3 Å². The van der Waals surface area contributed by atoms with Gasteiger partial charge in [0, 0.05) is 18.9 Å². The van der Waals surface area contributed by atoms with E-state index in [0.717, 1.165) is 22.1 Å². The van der Waals surface area contributed by atoms with Gasteiger partial charge < -0.3 is 14.7 Å². The molecule has 1 N–H and O–H groups in total. The first-order chi connectivity index (χ1) is 10.5. The van der Waals surface area contributed by atoms with Gasteiger partial charge >= 0.3 is 5.97 Å². The van der Waals surface area contributed by atoms with Gasteiger partial charge in [-0.05, 0) is 17.0 Å². The highest BCUT2D eigenvalue weighted by Crippen LogP contribution is 2.41. The molecule has 2 aromatic rings. The van der Waals surface area contributed by atoms with Gasteiger partial charge in [0.15, 0.2) is 0 Å². The normalized spacial score (nSPS) is 21.4. The molecule has 1 amide bonds. The Morgan fingerprint density at radius 2 is 1.91 bits per heavy atom. The summed E-state index contributed by atoms with van der Waals surface area (Å²) >= 11 is 0. The van der Waals surface area contributed by atoms with Crippen molar-refractivity contribution in [2.45, 2.75) is 12.5 Å². The Kier molecular flexibility index (Phi) is 3.48. The zero-order valence-corrected chi connectivity index (χ0v) is 12.4. The van der Waals surface area contributed by atoms with Crippen molar-refractivity contribution < 1.29 is 19.4 Å². The minimum absolute atomic E-state index is 0.0385. The molecule has 1 heterocycles. The van der Waals surface area contributed by atoms with E-state index in [1.807, 2.05) is 36.4 Å². The molecule has 1 saturated heterocycles. The fourth-order valence-corrected chi connectivity index (χ4v) is 3.25. The van der Waals surface area contributed by atoms with E-state index in [0.29, 0.717) is 0 Å². The summed E-state index contributed by atoms with van der Waals surface area (Å²) in [5.41, 5.74) is 0.845. The quantitative estimate of drug-likeness (QED) is 0.945. The summed E-state index contributed by atoms with van der Waals surface area (Å²) in [6.45, 7) is 0. The van der Waals surface area contributed by atoms with E-state index >= 15 is 0 Å². The van der Waals surface area contributed by atoms with Crippen LogP contribution in [0.1, 0.15) is 18.0 Å². The van der Waals surface area contributed by atoms with Crippen LogP contribution in [0.3, 0.4) is 0 Å². The predicted molar refractivity (Wildman–Crippen MR) is 81.8 cm³/mol. The number of carbonyl (C=O) groups excluding carboxylic acids is 1. The van der Waals surface area contributed by atoms with Gasteiger partial charge in [0.1, 0.15) is 5.75 Å². The summed E-state index contributed by atoms with van der Waals surface area (Å²) in [5, 5.41) is 11.3. The largest absolute Gasteiger partial charge is 0.496 e. The lowest BCUT2D eigenvalue weighted by Gasteiger charge is -2.25. The Morgan fingerprint density at radius 1 is 1.23 bits per heavy atom. The molecule has 0 spiro atoms. The van der Waals surface area contributed by atoms with Gasteiger partial charge in [-0.25, -0.2) is 0 Å². The van der Waals surface area contributed by atoms with Crippen LogP contribution >= 0.6 is 0 Å². The Labute approximate surface area is 128 Å². The molecule has 2 atom stereocenters. The standard InChI is InChI=1S/C17H17NO4/c1-18-15(19)9-13(17(20)21)16(18)12-7-8-14(22-2)11-6-4-3-5-10(11)12/h3-8,13,16H,9H2,1-2H3,(H,20,21). The summed E-state index contributed by atoms with van der Waals surface area (Å²) in [6.07, 6.45) is 0.0385. The highest BCUT2D eigenvalue weighted by Gasteiger charge is 2.43. The van der Waals surface area contributed by atoms with Gasteiger partial charge in [-0.3, -0.25) is 9.59 Å². The Bertz CT molecular complexity index is 755. The molecular weight excluding hydrogens is 282 g/mol. The number of carboxylic acid groups (broad SMARTS) is 1. The molecule has 0 bridgehead atoms. The molecule has 5 heteroatoms. The van der Waals surface area contributed by atoms with Crippen molar-refractivity contribution in [3.05, 3.63) is 42.0 Å². The summed E-state index contributed by atoms with van der Waals surface area (Å²) in [6, 6.07) is 10.9. The van der Waals surface area contributed by atoms with Crippen LogP contribution < -0.4 is 4.74 Å². The zero-order chi connectivity index (χ0) is 15.9. The molecule has 3 rings (SSSR count). The average molecular weight is 299 g/mol. The molecule has 0 aliphatic carbocycles. The van der Waals surface area contributed by atoms with Gasteiger partial charge in [0.25, 0.3) is 0 Å². The van der Waals surface area contributed by atoms with E-state index in [4.69, 9.17) is 4.74 Å². The third-order valence-corrected chi connectivity index (χ3v) is 4.36. The van der Waals surface area contributed by atoms with Crippen LogP contribution in [0.4, 0.5) is 0 Å². The maximum atomic E-state index is 12.0. The van der Waals surface area contributed by atoms with Crippen molar-refractivity contribution in [3.8, 4) is 5.75 Å². The first-order valence-electron chi connectivity index (χ1n) is 7.08. The predicted octanol–water partition coefficient (Wildman–Crippen LogP) is 2.45. The Balaban J connectivity index is 2.21. The number of aliphatic carboxylic acids is 1. The van der Waals surface area contributed by atoms with Crippen molar-refractivity contribution in [1.82, 2.24) is 4.90 Å². The van der Waals surface area contributed by atoms with Crippen LogP contribution in [-0.2, 0) is 9.59 Å². The number of ether oxygens (including phenoxy) is 1. The summed E-state index contributed by atoms with van der Waals surface area (Å²) in [4.78, 5) is 25.0. The lowest BCUT2D eigenvalue weighted by Crippen LogP contribution is -2.27. The molecule has 2 unspecified atom stereocenters. The van der Waals surface area contributed by atoms with Crippen LogP contribution in [0, 0.1) is 5.92 Å². The summed E-state index contributed by atoms with van der Waals surface area (Å²) < 4.78 is 5.37. The van der Waals surface area contributed by atoms with Crippen LogP contribution in [0.25, 0.3) is 10.8 Å². The molecule has 1 aliphatic rings. The van der Waals surface area contributed by atoms with Crippen LogP contribution in [0.5, 0.6) is 5.75 Å². The number of hydrogen-bond acceptors (Lipinski definition) is 3. The first kappa shape index (κ1) is 14.4. The number of rotatable bonds is 3. The molecule has 0 aromatic heterocycles. The first-order valence-corrected chi connectivity index (χ1v) is 7.08. The van der Waals surface area contributed by atoms with Crippen molar-refractivity contribution in [3.63, 3.8) is 0 Å². The number of hydrogen-bond donors (Lipinski definition) is 1. The topological polar surface area (TPSA) is 66.8 Å². The van der Waals surface area contributed by atoms with E-state index < -0.39 is 17.9 Å². The summed E-state index contributed by atoms with van der Waals surface area (Å²) in [7, 11) is 3.27. The fourth-order valence-electron chi connectivity index (χ4n) is 3.25. The number of carboxylic acids is 1. The molecule has 1 aliphatic heterocycles. The number of methoxy groups -OCH3 is 1. The molecule has 114 valence electrons. The van der Waals surface area contributed by atoms with E-state index in [1.165, 1.54) is 4.90 Å². The average Bonchev–Trinajstić information content (AvgIpc) is 2.82. The second kappa shape index (κ2) is 5.33. The van der Waals surface area contributed by atoms with E-state index in [2.05, 4.69) is 0 Å². The Morgan fingerprint density at radius 3 is 2.55 bits per heavy atom. The molecule has 0 saturated carbocycles. The minimum atomic E-state index is -0.942. The highest BCUT2D eigenvalue weighted by atomic mass is 16.5. The van der Waals surface area contributed by atoms with Crippen molar-refractivity contribution in [2.75, 3.05) is 14.2 Å². The SMILES string of the molecule is COc1ccc(C2C(C(=O)O)CC(=O)N2C)c2ccccc12. The van der Waals surface area contributed by atoms with Gasteiger partial charge in [-0.2, -0.15) is 0 Å².